The molecule has 0 spiro atoms. The summed E-state index contributed by atoms with van der Waals surface area (Å²) in [6, 6.07) is 1.97. The number of piperidine rings is 1. The van der Waals surface area contributed by atoms with Gasteiger partial charge in [0, 0.05) is 30.0 Å². The van der Waals surface area contributed by atoms with Gasteiger partial charge in [-0.2, -0.15) is 0 Å². The highest BCUT2D eigenvalue weighted by Crippen LogP contribution is 2.19. The highest BCUT2D eigenvalue weighted by molar-refractivity contribution is 5.99. The first-order valence-electron chi connectivity index (χ1n) is 7.65. The lowest BCUT2D eigenvalue weighted by atomic mass is 9.97. The van der Waals surface area contributed by atoms with Crippen LogP contribution < -0.4 is 5.73 Å². The van der Waals surface area contributed by atoms with E-state index in [0.717, 1.165) is 42.9 Å². The minimum atomic E-state index is -0.253. The maximum Gasteiger partial charge on any atom is 0.221 e. The lowest BCUT2D eigenvalue weighted by Crippen LogP contribution is -2.43. The van der Waals surface area contributed by atoms with Gasteiger partial charge in [-0.3, -0.25) is 14.5 Å². The normalized spacial score (nSPS) is 19.7. The molecule has 21 heavy (non-hydrogen) atoms. The van der Waals surface area contributed by atoms with Crippen LogP contribution in [0.4, 0.5) is 0 Å². The zero-order chi connectivity index (χ0) is 15.6. The Morgan fingerprint density at radius 2 is 2.10 bits per heavy atom. The van der Waals surface area contributed by atoms with E-state index in [1.54, 1.807) is 0 Å². The van der Waals surface area contributed by atoms with Gasteiger partial charge in [0.2, 0.25) is 5.91 Å². The molecule has 1 fully saturated rings. The molecule has 2 N–H and O–H groups in total. The fraction of sp³-hybridized carbons (Fsp3) is 0.625. The Morgan fingerprint density at radius 3 is 2.67 bits per heavy atom. The third kappa shape index (κ3) is 3.35. The van der Waals surface area contributed by atoms with Crippen molar-refractivity contribution in [2.45, 2.75) is 40.2 Å². The second kappa shape index (κ2) is 6.43. The average Bonchev–Trinajstić information content (AvgIpc) is 2.73. The molecule has 0 bridgehead atoms. The smallest absolute Gasteiger partial charge is 0.221 e. The number of hydrogen-bond acceptors (Lipinski definition) is 3. The summed E-state index contributed by atoms with van der Waals surface area (Å²) in [4.78, 5) is 25.9. The number of nitrogens with zero attached hydrogens (tertiary/aromatic N) is 2. The summed E-state index contributed by atoms with van der Waals surface area (Å²) in [7, 11) is 0. The van der Waals surface area contributed by atoms with Crippen LogP contribution in [0.3, 0.4) is 0 Å². The average molecular weight is 291 g/mol. The number of carbonyl (C=O) groups excluding carboxylic acids is 2. The van der Waals surface area contributed by atoms with Gasteiger partial charge in [0.05, 0.1) is 12.5 Å². The van der Waals surface area contributed by atoms with E-state index in [1.807, 2.05) is 19.9 Å². The van der Waals surface area contributed by atoms with E-state index in [-0.39, 0.29) is 17.6 Å². The van der Waals surface area contributed by atoms with Crippen molar-refractivity contribution in [1.29, 1.82) is 0 Å². The van der Waals surface area contributed by atoms with Crippen molar-refractivity contribution in [3.63, 3.8) is 0 Å². The summed E-state index contributed by atoms with van der Waals surface area (Å²) in [5.41, 5.74) is 8.33. The molecule has 1 saturated heterocycles. The van der Waals surface area contributed by atoms with Crippen LogP contribution in [-0.2, 0) is 11.3 Å². The summed E-state index contributed by atoms with van der Waals surface area (Å²) in [5, 5.41) is 0. The molecule has 116 valence electrons. The molecule has 0 aliphatic carbocycles. The number of hydrogen-bond donors (Lipinski definition) is 1. The Balaban J connectivity index is 2.06. The highest BCUT2D eigenvalue weighted by Gasteiger charge is 2.26. The second-order valence-electron chi connectivity index (χ2n) is 5.93. The van der Waals surface area contributed by atoms with Crippen LogP contribution in [0.2, 0.25) is 0 Å². The van der Waals surface area contributed by atoms with Gasteiger partial charge >= 0.3 is 0 Å². The lowest BCUT2D eigenvalue weighted by Gasteiger charge is -2.30. The Hall–Kier alpha value is -1.62. The number of likely N-dealkylation sites (tertiary alicyclic amines) is 1. The van der Waals surface area contributed by atoms with Crippen LogP contribution in [0, 0.1) is 19.8 Å². The maximum atomic E-state index is 12.5. The topological polar surface area (TPSA) is 68.3 Å². The molecular formula is C16H25N3O2. The van der Waals surface area contributed by atoms with Gasteiger partial charge in [-0.15, -0.1) is 0 Å². The molecular weight excluding hydrogens is 266 g/mol. The van der Waals surface area contributed by atoms with Crippen molar-refractivity contribution in [3.8, 4) is 0 Å². The Labute approximate surface area is 126 Å². The number of carbonyl (C=O) groups is 2. The van der Waals surface area contributed by atoms with Crippen molar-refractivity contribution in [3.05, 3.63) is 23.0 Å². The fourth-order valence-corrected chi connectivity index (χ4v) is 3.29. The van der Waals surface area contributed by atoms with E-state index in [2.05, 4.69) is 16.4 Å². The molecule has 0 saturated carbocycles. The monoisotopic (exact) mass is 291 g/mol. The van der Waals surface area contributed by atoms with Crippen LogP contribution in [0.1, 0.15) is 41.5 Å². The number of rotatable bonds is 5. The number of nitrogens with two attached hydrogens (primary N) is 1. The third-order valence-electron chi connectivity index (χ3n) is 4.47. The number of aromatic nitrogens is 1. The quantitative estimate of drug-likeness (QED) is 0.836. The standard InChI is InChI=1S/C16H25N3O2/c1-4-19-11(2)8-14(12(19)3)15(20)10-18-7-5-6-13(9-18)16(17)21/h8,13H,4-7,9-10H2,1-3H3,(H2,17,21). The molecule has 1 aromatic rings. The van der Waals surface area contributed by atoms with Gasteiger partial charge in [-0.05, 0) is 46.2 Å². The zero-order valence-electron chi connectivity index (χ0n) is 13.2. The van der Waals surface area contributed by atoms with Crippen molar-refractivity contribution in [2.24, 2.45) is 11.7 Å². The molecule has 2 heterocycles. The molecule has 1 aliphatic heterocycles. The number of amides is 1. The number of Topliss-reactive ketones (excluding diaryl/α,β-unsaturated/α-hetero) is 1. The van der Waals surface area contributed by atoms with E-state index in [9.17, 15) is 9.59 Å². The SMILES string of the molecule is CCn1c(C)cc(C(=O)CN2CCCC(C(N)=O)C2)c1C. The van der Waals surface area contributed by atoms with Crippen molar-refractivity contribution < 1.29 is 9.59 Å². The second-order valence-corrected chi connectivity index (χ2v) is 5.93. The van der Waals surface area contributed by atoms with Crippen molar-refractivity contribution in [1.82, 2.24) is 9.47 Å². The molecule has 1 aromatic heterocycles. The summed E-state index contributed by atoms with van der Waals surface area (Å²) in [6.45, 7) is 8.81. The van der Waals surface area contributed by atoms with E-state index >= 15 is 0 Å². The Bertz CT molecular complexity index is 548. The number of aryl methyl sites for hydroxylation is 1. The van der Waals surface area contributed by atoms with Crippen LogP contribution in [0.15, 0.2) is 6.07 Å². The van der Waals surface area contributed by atoms with Crippen molar-refractivity contribution in [2.75, 3.05) is 19.6 Å². The molecule has 0 radical (unpaired) electrons. The van der Waals surface area contributed by atoms with Crippen LogP contribution in [0.5, 0.6) is 0 Å². The number of ketones is 1. The first kappa shape index (κ1) is 15.8. The maximum absolute atomic E-state index is 12.5. The minimum Gasteiger partial charge on any atom is -0.369 e. The molecule has 5 heteroatoms. The lowest BCUT2D eigenvalue weighted by molar-refractivity contribution is -0.123. The molecule has 1 amide bonds. The molecule has 1 atom stereocenters. The van der Waals surface area contributed by atoms with Gasteiger partial charge in [-0.1, -0.05) is 0 Å². The first-order valence-corrected chi connectivity index (χ1v) is 7.65. The fourth-order valence-electron chi connectivity index (χ4n) is 3.29. The number of primary amides is 1. The van der Waals surface area contributed by atoms with E-state index in [1.165, 1.54) is 0 Å². The third-order valence-corrected chi connectivity index (χ3v) is 4.47. The molecule has 1 aliphatic rings. The van der Waals surface area contributed by atoms with E-state index in [4.69, 9.17) is 5.73 Å². The predicted molar refractivity (Wildman–Crippen MR) is 82.3 cm³/mol. The summed E-state index contributed by atoms with van der Waals surface area (Å²) in [6.07, 6.45) is 1.76. The minimum absolute atomic E-state index is 0.116. The van der Waals surface area contributed by atoms with Crippen LogP contribution >= 0.6 is 0 Å². The summed E-state index contributed by atoms with van der Waals surface area (Å²) < 4.78 is 2.15. The highest BCUT2D eigenvalue weighted by atomic mass is 16.1. The van der Waals surface area contributed by atoms with Crippen LogP contribution in [0.25, 0.3) is 0 Å². The Morgan fingerprint density at radius 1 is 1.38 bits per heavy atom. The first-order chi connectivity index (χ1) is 9.93. The Kier molecular flexibility index (Phi) is 4.83. The van der Waals surface area contributed by atoms with E-state index < -0.39 is 0 Å². The van der Waals surface area contributed by atoms with Gasteiger partial charge in [0.1, 0.15) is 0 Å². The molecule has 2 rings (SSSR count). The largest absolute Gasteiger partial charge is 0.369 e. The van der Waals surface area contributed by atoms with E-state index in [0.29, 0.717) is 13.1 Å². The predicted octanol–water partition coefficient (Wildman–Crippen LogP) is 1.50. The molecule has 0 aromatic carbocycles. The molecule has 1 unspecified atom stereocenters. The van der Waals surface area contributed by atoms with Crippen molar-refractivity contribution >= 4 is 11.7 Å². The van der Waals surface area contributed by atoms with Gasteiger partial charge in [0.15, 0.2) is 5.78 Å². The zero-order valence-corrected chi connectivity index (χ0v) is 13.2. The van der Waals surface area contributed by atoms with Crippen LogP contribution in [-0.4, -0.2) is 40.8 Å². The summed E-state index contributed by atoms with van der Waals surface area (Å²) >= 11 is 0. The van der Waals surface area contributed by atoms with Gasteiger partial charge < -0.3 is 10.3 Å². The summed E-state index contributed by atoms with van der Waals surface area (Å²) in [5.74, 6) is -0.237. The molecule has 5 nitrogen and oxygen atoms in total. The van der Waals surface area contributed by atoms with Gasteiger partial charge in [0.25, 0.3) is 0 Å². The van der Waals surface area contributed by atoms with Gasteiger partial charge in [-0.25, -0.2) is 0 Å².